The van der Waals surface area contributed by atoms with Gasteiger partial charge in [0.2, 0.25) is 0 Å². The van der Waals surface area contributed by atoms with Crippen LogP contribution in [0.3, 0.4) is 0 Å². The van der Waals surface area contributed by atoms with Gasteiger partial charge in [0.05, 0.1) is 0 Å². The number of halogens is 1. The van der Waals surface area contributed by atoms with Gasteiger partial charge in [0, 0.05) is 4.47 Å². The predicted molar refractivity (Wildman–Crippen MR) is 87.3 cm³/mol. The minimum Gasteiger partial charge on any atom is -0.0581 e. The van der Waals surface area contributed by atoms with E-state index in [0.717, 1.165) is 0 Å². The number of hydrogen-bond acceptors (Lipinski definition) is 0. The van der Waals surface area contributed by atoms with Gasteiger partial charge in [0.25, 0.3) is 0 Å². The fraction of sp³-hybridized carbons (Fsp3) is 0.111. The molecule has 1 heteroatoms. The molecule has 92 valence electrons. The van der Waals surface area contributed by atoms with Crippen molar-refractivity contribution in [2.24, 2.45) is 0 Å². The van der Waals surface area contributed by atoms with E-state index in [4.69, 9.17) is 0 Å². The molecular formula is C18H13Br. The Morgan fingerprint density at radius 1 is 0.684 bits per heavy atom. The summed E-state index contributed by atoms with van der Waals surface area (Å²) < 4.78 is 1.22. The zero-order valence-electron chi connectivity index (χ0n) is 10.9. The first-order valence-electron chi connectivity index (χ1n) is 6.50. The molecule has 0 nitrogen and oxygen atoms in total. The first kappa shape index (κ1) is 11.2. The van der Waals surface area contributed by atoms with Gasteiger partial charge in [-0.15, -0.1) is 0 Å². The van der Waals surface area contributed by atoms with Crippen LogP contribution in [0, 0.1) is 13.8 Å². The maximum Gasteiger partial charge on any atom is 0.0283 e. The average Bonchev–Trinajstić information content (AvgIpc) is 2.42. The summed E-state index contributed by atoms with van der Waals surface area (Å²) in [5.41, 5.74) is 2.64. The van der Waals surface area contributed by atoms with Crippen LogP contribution in [0.15, 0.2) is 46.9 Å². The van der Waals surface area contributed by atoms with Crippen molar-refractivity contribution in [2.75, 3.05) is 0 Å². The van der Waals surface area contributed by atoms with E-state index in [-0.39, 0.29) is 0 Å². The smallest absolute Gasteiger partial charge is 0.0283 e. The van der Waals surface area contributed by atoms with Crippen LogP contribution in [0.5, 0.6) is 0 Å². The predicted octanol–water partition coefficient (Wildman–Crippen LogP) is 5.96. The minimum atomic E-state index is 1.22. The molecule has 4 aromatic carbocycles. The molecule has 0 aliphatic carbocycles. The Labute approximate surface area is 120 Å². The Bertz CT molecular complexity index is 935. The van der Waals surface area contributed by atoms with Crippen molar-refractivity contribution in [3.63, 3.8) is 0 Å². The summed E-state index contributed by atoms with van der Waals surface area (Å²) in [6.07, 6.45) is 0. The Morgan fingerprint density at radius 2 is 1.32 bits per heavy atom. The van der Waals surface area contributed by atoms with Gasteiger partial charge in [-0.05, 0) is 73.2 Å². The van der Waals surface area contributed by atoms with Gasteiger partial charge in [-0.2, -0.15) is 0 Å². The lowest BCUT2D eigenvalue weighted by Gasteiger charge is -2.14. The molecule has 0 amide bonds. The lowest BCUT2D eigenvalue weighted by molar-refractivity contribution is 1.48. The highest BCUT2D eigenvalue weighted by molar-refractivity contribution is 9.10. The zero-order valence-corrected chi connectivity index (χ0v) is 12.5. The Balaban J connectivity index is 2.44. The molecule has 4 aromatic rings. The van der Waals surface area contributed by atoms with E-state index in [1.807, 2.05) is 0 Å². The van der Waals surface area contributed by atoms with E-state index in [1.54, 1.807) is 0 Å². The van der Waals surface area contributed by atoms with Gasteiger partial charge in [0.15, 0.2) is 0 Å². The summed E-state index contributed by atoms with van der Waals surface area (Å²) in [5.74, 6) is 0. The van der Waals surface area contributed by atoms with E-state index in [0.29, 0.717) is 0 Å². The van der Waals surface area contributed by atoms with Crippen molar-refractivity contribution in [3.8, 4) is 0 Å². The largest absolute Gasteiger partial charge is 0.0581 e. The van der Waals surface area contributed by atoms with Crippen molar-refractivity contribution in [1.29, 1.82) is 0 Å². The van der Waals surface area contributed by atoms with Crippen LogP contribution in [0.4, 0.5) is 0 Å². The lowest BCUT2D eigenvalue weighted by Crippen LogP contribution is -1.88. The maximum absolute atomic E-state index is 3.74. The Hall–Kier alpha value is -1.60. The molecule has 4 rings (SSSR count). The summed E-state index contributed by atoms with van der Waals surface area (Å²) >= 11 is 3.74. The third kappa shape index (κ3) is 1.39. The van der Waals surface area contributed by atoms with Crippen LogP contribution < -0.4 is 0 Å². The van der Waals surface area contributed by atoms with E-state index in [1.165, 1.54) is 47.9 Å². The number of benzene rings is 4. The third-order valence-corrected chi connectivity index (χ3v) is 5.17. The Morgan fingerprint density at radius 3 is 2.16 bits per heavy atom. The molecule has 0 heterocycles. The minimum absolute atomic E-state index is 1.22. The molecule has 0 saturated heterocycles. The molecule has 0 atom stereocenters. The molecule has 0 saturated carbocycles. The second-order valence-electron chi connectivity index (χ2n) is 5.31. The molecule has 0 aliphatic heterocycles. The molecule has 0 spiro atoms. The summed E-state index contributed by atoms with van der Waals surface area (Å²) in [7, 11) is 0. The first-order chi connectivity index (χ1) is 9.16. The van der Waals surface area contributed by atoms with Crippen LogP contribution in [-0.2, 0) is 0 Å². The zero-order chi connectivity index (χ0) is 13.1. The van der Waals surface area contributed by atoms with Gasteiger partial charge in [0.1, 0.15) is 0 Å². The van der Waals surface area contributed by atoms with Crippen molar-refractivity contribution in [1.82, 2.24) is 0 Å². The summed E-state index contributed by atoms with van der Waals surface area (Å²) in [4.78, 5) is 0. The normalized spacial score (nSPS) is 11.9. The fourth-order valence-corrected chi connectivity index (χ4v) is 3.58. The molecule has 0 fully saturated rings. The van der Waals surface area contributed by atoms with Gasteiger partial charge >= 0.3 is 0 Å². The third-order valence-electron chi connectivity index (χ3n) is 4.12. The van der Waals surface area contributed by atoms with E-state index in [2.05, 4.69) is 72.2 Å². The standard InChI is InChI=1S/C18H13Br/c1-10-3-4-12-5-6-13-9-11(2)18(19)15-8-7-14(10)16(12)17(13)15/h3-9H,1-2H3. The van der Waals surface area contributed by atoms with Crippen molar-refractivity contribution < 1.29 is 0 Å². The quantitative estimate of drug-likeness (QED) is 0.351. The molecule has 0 radical (unpaired) electrons. The summed E-state index contributed by atoms with van der Waals surface area (Å²) in [6, 6.07) is 15.7. The monoisotopic (exact) mass is 308 g/mol. The van der Waals surface area contributed by atoms with E-state index < -0.39 is 0 Å². The van der Waals surface area contributed by atoms with Gasteiger partial charge in [-0.25, -0.2) is 0 Å². The van der Waals surface area contributed by atoms with Gasteiger partial charge < -0.3 is 0 Å². The van der Waals surface area contributed by atoms with Crippen LogP contribution in [0.25, 0.3) is 32.3 Å². The van der Waals surface area contributed by atoms with E-state index in [9.17, 15) is 0 Å². The molecule has 0 N–H and O–H groups in total. The molecule has 0 aromatic heterocycles. The summed E-state index contributed by atoms with van der Waals surface area (Å²) in [6.45, 7) is 4.34. The van der Waals surface area contributed by atoms with Crippen molar-refractivity contribution in [2.45, 2.75) is 13.8 Å². The number of rotatable bonds is 0. The van der Waals surface area contributed by atoms with Crippen molar-refractivity contribution >= 4 is 48.2 Å². The highest BCUT2D eigenvalue weighted by Gasteiger charge is 2.12. The molecule has 19 heavy (non-hydrogen) atoms. The Kier molecular flexibility index (Phi) is 2.19. The van der Waals surface area contributed by atoms with Crippen LogP contribution in [-0.4, -0.2) is 0 Å². The number of hydrogen-bond donors (Lipinski definition) is 0. The fourth-order valence-electron chi connectivity index (χ4n) is 3.13. The van der Waals surface area contributed by atoms with Crippen LogP contribution in [0.2, 0.25) is 0 Å². The second kappa shape index (κ2) is 3.71. The van der Waals surface area contributed by atoms with Gasteiger partial charge in [-0.1, -0.05) is 42.5 Å². The summed E-state index contributed by atoms with van der Waals surface area (Å²) in [5, 5.41) is 8.13. The maximum atomic E-state index is 3.74. The number of aryl methyl sites for hydroxylation is 2. The van der Waals surface area contributed by atoms with Crippen LogP contribution in [0.1, 0.15) is 11.1 Å². The molecule has 0 aliphatic rings. The molecule has 0 bridgehead atoms. The second-order valence-corrected chi connectivity index (χ2v) is 6.11. The lowest BCUT2D eigenvalue weighted by atomic mass is 9.91. The highest BCUT2D eigenvalue weighted by atomic mass is 79.9. The van der Waals surface area contributed by atoms with Crippen molar-refractivity contribution in [3.05, 3.63) is 58.1 Å². The van der Waals surface area contributed by atoms with Crippen LogP contribution >= 0.6 is 15.9 Å². The molecular weight excluding hydrogens is 296 g/mol. The first-order valence-corrected chi connectivity index (χ1v) is 7.29. The highest BCUT2D eigenvalue weighted by Crippen LogP contribution is 2.39. The SMILES string of the molecule is Cc1cc2ccc3ccc(C)c4ccc(c1Br)c2c34. The molecule has 0 unspecified atom stereocenters. The average molecular weight is 309 g/mol. The van der Waals surface area contributed by atoms with E-state index >= 15 is 0 Å². The van der Waals surface area contributed by atoms with Gasteiger partial charge in [-0.3, -0.25) is 0 Å². The topological polar surface area (TPSA) is 0 Å².